The van der Waals surface area contributed by atoms with Crippen LogP contribution in [0.1, 0.15) is 27.6 Å². The lowest BCUT2D eigenvalue weighted by Crippen LogP contribution is -2.24. The van der Waals surface area contributed by atoms with Crippen LogP contribution in [0.3, 0.4) is 0 Å². The van der Waals surface area contributed by atoms with Crippen LogP contribution in [0.25, 0.3) is 0 Å². The maximum Gasteiger partial charge on any atom is 0.280 e. The average Bonchev–Trinajstić information content (AvgIpc) is 2.49. The van der Waals surface area contributed by atoms with Crippen molar-refractivity contribution in [2.24, 2.45) is 16.5 Å². The maximum atomic E-state index is 12.9. The van der Waals surface area contributed by atoms with E-state index in [4.69, 9.17) is 16.2 Å². The van der Waals surface area contributed by atoms with Gasteiger partial charge >= 0.3 is 0 Å². The van der Waals surface area contributed by atoms with Gasteiger partial charge in [0.1, 0.15) is 17.3 Å². The molecule has 118 valence electrons. The molecule has 0 bridgehead atoms. The Bertz CT molecular complexity index is 782. The molecule has 0 unspecified atom stereocenters. The van der Waals surface area contributed by atoms with Gasteiger partial charge in [-0.3, -0.25) is 9.59 Å². The van der Waals surface area contributed by atoms with E-state index in [0.717, 1.165) is 0 Å². The number of hydrogen-bond donors (Lipinski definition) is 2. The molecule has 0 spiro atoms. The van der Waals surface area contributed by atoms with Crippen LogP contribution >= 0.6 is 0 Å². The van der Waals surface area contributed by atoms with Crippen LogP contribution in [0.2, 0.25) is 0 Å². The van der Waals surface area contributed by atoms with E-state index < -0.39 is 11.7 Å². The molecule has 23 heavy (non-hydrogen) atoms. The number of rotatable bonds is 4. The maximum absolute atomic E-state index is 12.9. The minimum absolute atomic E-state index is 0.148. The average molecular weight is 315 g/mol. The lowest BCUT2D eigenvalue weighted by Gasteiger charge is -2.10. The Labute approximate surface area is 131 Å². The Morgan fingerprint density at radius 1 is 1.09 bits per heavy atom. The van der Waals surface area contributed by atoms with Crippen molar-refractivity contribution in [2.75, 3.05) is 0 Å². The zero-order chi connectivity index (χ0) is 17.0. The lowest BCUT2D eigenvalue weighted by molar-refractivity contribution is 0.100. The lowest BCUT2D eigenvalue weighted by atomic mass is 10.1. The number of amides is 1. The van der Waals surface area contributed by atoms with Gasteiger partial charge in [0.2, 0.25) is 0 Å². The molecule has 0 atom stereocenters. The molecule has 7 heteroatoms. The molecule has 6 nitrogen and oxygen atoms in total. The van der Waals surface area contributed by atoms with Gasteiger partial charge in [-0.15, -0.1) is 0 Å². The van der Waals surface area contributed by atoms with Crippen molar-refractivity contribution in [1.29, 1.82) is 0 Å². The number of Topliss-reactive ketones (excluding diaryl/α,β-unsaturated/α-hetero) is 1. The number of ether oxygens (including phenoxy) is 1. The smallest absolute Gasteiger partial charge is 0.280 e. The van der Waals surface area contributed by atoms with Crippen molar-refractivity contribution in [3.63, 3.8) is 0 Å². The van der Waals surface area contributed by atoms with Crippen LogP contribution in [0, 0.1) is 5.82 Å². The zero-order valence-corrected chi connectivity index (χ0v) is 12.2. The molecular formula is C16H14FN3O3. The van der Waals surface area contributed by atoms with Gasteiger partial charge in [-0.2, -0.15) is 4.99 Å². The molecule has 0 aliphatic rings. The highest BCUT2D eigenvalue weighted by molar-refractivity contribution is 6.05. The third-order valence-electron chi connectivity index (χ3n) is 2.88. The third-order valence-corrected chi connectivity index (χ3v) is 2.88. The first kappa shape index (κ1) is 16.2. The highest BCUT2D eigenvalue weighted by Crippen LogP contribution is 2.27. The van der Waals surface area contributed by atoms with E-state index in [1.807, 2.05) is 0 Å². The fraction of sp³-hybridized carbons (Fsp3) is 0.0625. The Morgan fingerprint density at radius 3 is 2.30 bits per heavy atom. The Kier molecular flexibility index (Phi) is 4.70. The number of hydrogen-bond acceptors (Lipinski definition) is 3. The fourth-order valence-electron chi connectivity index (χ4n) is 1.84. The second-order valence-corrected chi connectivity index (χ2v) is 4.66. The van der Waals surface area contributed by atoms with Crippen LogP contribution in [0.4, 0.5) is 4.39 Å². The quantitative estimate of drug-likeness (QED) is 0.511. The molecule has 1 amide bonds. The molecule has 0 fully saturated rings. The van der Waals surface area contributed by atoms with Crippen LogP contribution < -0.4 is 16.2 Å². The monoisotopic (exact) mass is 315 g/mol. The largest absolute Gasteiger partial charge is 0.457 e. The van der Waals surface area contributed by atoms with Gasteiger partial charge in [-0.1, -0.05) is 0 Å². The van der Waals surface area contributed by atoms with Crippen LogP contribution in [-0.4, -0.2) is 17.6 Å². The van der Waals surface area contributed by atoms with Gasteiger partial charge in [-0.05, 0) is 49.4 Å². The number of ketones is 1. The number of carbonyl (C=O) groups is 2. The van der Waals surface area contributed by atoms with Crippen molar-refractivity contribution in [2.45, 2.75) is 6.92 Å². The molecule has 0 saturated heterocycles. The third kappa shape index (κ3) is 4.13. The number of aliphatic imine (C=N–C) groups is 1. The summed E-state index contributed by atoms with van der Waals surface area (Å²) in [7, 11) is 0. The predicted molar refractivity (Wildman–Crippen MR) is 83.1 cm³/mol. The highest BCUT2D eigenvalue weighted by Gasteiger charge is 2.14. The minimum atomic E-state index is -0.666. The molecule has 0 aromatic heterocycles. The van der Waals surface area contributed by atoms with Crippen molar-refractivity contribution >= 4 is 17.6 Å². The van der Waals surface area contributed by atoms with Gasteiger partial charge in [-0.25, -0.2) is 4.39 Å². The summed E-state index contributed by atoms with van der Waals surface area (Å²) in [5.41, 5.74) is 10.6. The first-order valence-corrected chi connectivity index (χ1v) is 6.59. The van der Waals surface area contributed by atoms with E-state index >= 15 is 0 Å². The molecule has 2 aromatic carbocycles. The fourth-order valence-corrected chi connectivity index (χ4v) is 1.84. The summed E-state index contributed by atoms with van der Waals surface area (Å²) < 4.78 is 18.5. The van der Waals surface area contributed by atoms with Gasteiger partial charge in [0.15, 0.2) is 11.7 Å². The highest BCUT2D eigenvalue weighted by atomic mass is 19.1. The Balaban J connectivity index is 2.37. The van der Waals surface area contributed by atoms with E-state index in [9.17, 15) is 14.0 Å². The van der Waals surface area contributed by atoms with Gasteiger partial charge in [0, 0.05) is 5.56 Å². The number of nitrogens with two attached hydrogens (primary N) is 2. The summed E-state index contributed by atoms with van der Waals surface area (Å²) in [6, 6.07) is 9.56. The molecule has 2 rings (SSSR count). The van der Waals surface area contributed by atoms with Gasteiger partial charge in [0.25, 0.3) is 5.91 Å². The minimum Gasteiger partial charge on any atom is -0.457 e. The SMILES string of the molecule is CC(=O)c1cc(C(=O)N=C(N)N)ccc1Oc1ccc(F)cc1. The molecular weight excluding hydrogens is 301 g/mol. The van der Waals surface area contributed by atoms with E-state index in [-0.39, 0.29) is 28.6 Å². The molecule has 0 radical (unpaired) electrons. The van der Waals surface area contributed by atoms with Crippen molar-refractivity contribution in [1.82, 2.24) is 0 Å². The Morgan fingerprint density at radius 2 is 1.74 bits per heavy atom. The summed E-state index contributed by atoms with van der Waals surface area (Å²) in [6.07, 6.45) is 0. The molecule has 4 N–H and O–H groups in total. The summed E-state index contributed by atoms with van der Waals surface area (Å²) in [4.78, 5) is 27.0. The first-order valence-electron chi connectivity index (χ1n) is 6.59. The second kappa shape index (κ2) is 6.69. The van der Waals surface area contributed by atoms with Crippen LogP contribution in [0.5, 0.6) is 11.5 Å². The summed E-state index contributed by atoms with van der Waals surface area (Å²) in [5.74, 6) is -1.14. The molecule has 0 aliphatic heterocycles. The number of halogens is 1. The van der Waals surface area contributed by atoms with E-state index in [2.05, 4.69) is 4.99 Å². The summed E-state index contributed by atoms with van der Waals surface area (Å²) >= 11 is 0. The zero-order valence-electron chi connectivity index (χ0n) is 12.2. The van der Waals surface area contributed by atoms with E-state index in [1.165, 1.54) is 49.4 Å². The predicted octanol–water partition coefficient (Wildman–Crippen LogP) is 2.23. The van der Waals surface area contributed by atoms with Gasteiger partial charge in [0.05, 0.1) is 5.56 Å². The molecule has 0 aliphatic carbocycles. The van der Waals surface area contributed by atoms with Crippen molar-refractivity contribution < 1.29 is 18.7 Å². The number of carbonyl (C=O) groups excluding carboxylic acids is 2. The number of guanidine groups is 1. The standard InChI is InChI=1S/C16H14FN3O3/c1-9(21)13-8-10(15(22)20-16(18)19)2-7-14(13)23-12-5-3-11(17)4-6-12/h2-8H,1H3,(H4,18,19,20,22). The van der Waals surface area contributed by atoms with Crippen molar-refractivity contribution in [3.05, 3.63) is 59.4 Å². The molecule has 0 heterocycles. The van der Waals surface area contributed by atoms with Crippen LogP contribution in [0.15, 0.2) is 47.5 Å². The summed E-state index contributed by atoms with van der Waals surface area (Å²) in [6.45, 7) is 1.33. The van der Waals surface area contributed by atoms with Crippen molar-refractivity contribution in [3.8, 4) is 11.5 Å². The van der Waals surface area contributed by atoms with E-state index in [0.29, 0.717) is 5.75 Å². The molecule has 2 aromatic rings. The van der Waals surface area contributed by atoms with E-state index in [1.54, 1.807) is 0 Å². The summed E-state index contributed by atoms with van der Waals surface area (Å²) in [5, 5.41) is 0. The number of nitrogens with zero attached hydrogens (tertiary/aromatic N) is 1. The van der Waals surface area contributed by atoms with Crippen LogP contribution in [-0.2, 0) is 0 Å². The molecule has 0 saturated carbocycles. The second-order valence-electron chi connectivity index (χ2n) is 4.66. The number of benzene rings is 2. The van der Waals surface area contributed by atoms with Gasteiger partial charge < -0.3 is 16.2 Å². The normalized spacial score (nSPS) is 10.0. The first-order chi connectivity index (χ1) is 10.9. The Hall–Kier alpha value is -3.22. The topological polar surface area (TPSA) is 108 Å².